The van der Waals surface area contributed by atoms with Crippen LogP contribution in [0.25, 0.3) is 0 Å². The second-order valence-electron chi connectivity index (χ2n) is 4.50. The molecule has 0 bridgehead atoms. The average molecular weight is 352 g/mol. The zero-order chi connectivity index (χ0) is 16.4. The SMILES string of the molecule is C=CCN(C(C)C)S(=O)(=O)c1ccc(Cl)c(C(=O)O)c1Cl. The maximum Gasteiger partial charge on any atom is 0.338 e. The minimum Gasteiger partial charge on any atom is -0.478 e. The minimum absolute atomic E-state index is 0.0847. The Bertz CT molecular complexity index is 671. The van der Waals surface area contributed by atoms with Crippen LogP contribution in [0, 0.1) is 0 Å². The summed E-state index contributed by atoms with van der Waals surface area (Å²) in [4.78, 5) is 10.9. The molecule has 0 atom stereocenters. The van der Waals surface area contributed by atoms with E-state index in [0.717, 1.165) is 0 Å². The van der Waals surface area contributed by atoms with E-state index < -0.39 is 26.6 Å². The van der Waals surface area contributed by atoms with Gasteiger partial charge in [-0.1, -0.05) is 29.3 Å². The number of carbonyl (C=O) groups is 1. The molecule has 1 N–H and O–H groups in total. The van der Waals surface area contributed by atoms with Crippen LogP contribution in [-0.4, -0.2) is 36.4 Å². The van der Waals surface area contributed by atoms with Gasteiger partial charge in [0.05, 0.1) is 15.6 Å². The Morgan fingerprint density at radius 3 is 2.43 bits per heavy atom. The van der Waals surface area contributed by atoms with Crippen LogP contribution in [0.15, 0.2) is 29.7 Å². The van der Waals surface area contributed by atoms with Gasteiger partial charge in [-0.2, -0.15) is 4.31 Å². The first-order chi connectivity index (χ1) is 9.64. The largest absolute Gasteiger partial charge is 0.478 e. The fourth-order valence-corrected chi connectivity index (χ4v) is 4.27. The molecule has 1 aromatic carbocycles. The summed E-state index contributed by atoms with van der Waals surface area (Å²) in [5, 5.41) is 8.58. The fourth-order valence-electron chi connectivity index (χ4n) is 1.77. The highest BCUT2D eigenvalue weighted by molar-refractivity contribution is 7.89. The minimum atomic E-state index is -3.96. The zero-order valence-corrected chi connectivity index (χ0v) is 13.8. The van der Waals surface area contributed by atoms with Crippen molar-refractivity contribution in [2.75, 3.05) is 6.54 Å². The lowest BCUT2D eigenvalue weighted by atomic mass is 10.2. The summed E-state index contributed by atoms with van der Waals surface area (Å²) in [5.41, 5.74) is -0.429. The first-order valence-corrected chi connectivity index (χ1v) is 8.18. The quantitative estimate of drug-likeness (QED) is 0.798. The third kappa shape index (κ3) is 3.58. The maximum absolute atomic E-state index is 12.6. The molecule has 8 heteroatoms. The van der Waals surface area contributed by atoms with Gasteiger partial charge in [0, 0.05) is 12.6 Å². The van der Waals surface area contributed by atoms with Crippen molar-refractivity contribution in [1.82, 2.24) is 4.31 Å². The van der Waals surface area contributed by atoms with Gasteiger partial charge in [-0.05, 0) is 26.0 Å². The molecule has 0 unspecified atom stereocenters. The number of aromatic carboxylic acids is 1. The van der Waals surface area contributed by atoms with Crippen LogP contribution < -0.4 is 0 Å². The second kappa shape index (κ2) is 6.79. The number of rotatable bonds is 6. The number of carboxylic acid groups (broad SMARTS) is 1. The number of nitrogens with zero attached hydrogens (tertiary/aromatic N) is 1. The van der Waals surface area contributed by atoms with Crippen molar-refractivity contribution >= 4 is 39.2 Å². The monoisotopic (exact) mass is 351 g/mol. The number of hydrogen-bond acceptors (Lipinski definition) is 3. The van der Waals surface area contributed by atoms with E-state index in [2.05, 4.69) is 6.58 Å². The van der Waals surface area contributed by atoms with Crippen molar-refractivity contribution in [3.63, 3.8) is 0 Å². The highest BCUT2D eigenvalue weighted by atomic mass is 35.5. The summed E-state index contributed by atoms with van der Waals surface area (Å²) in [5.74, 6) is -1.39. The summed E-state index contributed by atoms with van der Waals surface area (Å²) >= 11 is 11.7. The predicted molar refractivity (Wildman–Crippen MR) is 82.6 cm³/mol. The standard InChI is InChI=1S/C13H15Cl2NO4S/c1-4-7-16(8(2)3)21(19,20)10-6-5-9(14)11(12(10)15)13(17)18/h4-6,8H,1,7H2,2-3H3,(H,17,18). The fraction of sp³-hybridized carbons (Fsp3) is 0.308. The van der Waals surface area contributed by atoms with E-state index in [-0.39, 0.29) is 22.5 Å². The molecule has 0 aliphatic heterocycles. The van der Waals surface area contributed by atoms with Crippen molar-refractivity contribution in [3.8, 4) is 0 Å². The van der Waals surface area contributed by atoms with Crippen LogP contribution in [0.3, 0.4) is 0 Å². The molecular formula is C13H15Cl2NO4S. The normalized spacial score (nSPS) is 11.9. The third-order valence-electron chi connectivity index (χ3n) is 2.74. The van der Waals surface area contributed by atoms with Crippen molar-refractivity contribution in [1.29, 1.82) is 0 Å². The van der Waals surface area contributed by atoms with E-state index in [9.17, 15) is 13.2 Å². The highest BCUT2D eigenvalue weighted by Gasteiger charge is 2.31. The second-order valence-corrected chi connectivity index (χ2v) is 7.14. The smallest absolute Gasteiger partial charge is 0.338 e. The molecule has 0 saturated heterocycles. The lowest BCUT2D eigenvalue weighted by molar-refractivity contribution is 0.0697. The molecule has 0 amide bonds. The van der Waals surface area contributed by atoms with Gasteiger partial charge in [-0.25, -0.2) is 13.2 Å². The summed E-state index contributed by atoms with van der Waals surface area (Å²) in [6.45, 7) is 7.00. The van der Waals surface area contributed by atoms with Gasteiger partial charge in [0.15, 0.2) is 0 Å². The molecule has 0 saturated carbocycles. The number of hydrogen-bond donors (Lipinski definition) is 1. The number of halogens is 2. The molecule has 0 aliphatic rings. The molecule has 5 nitrogen and oxygen atoms in total. The Balaban J connectivity index is 3.55. The Morgan fingerprint density at radius 1 is 1.43 bits per heavy atom. The van der Waals surface area contributed by atoms with Crippen molar-refractivity contribution in [2.24, 2.45) is 0 Å². The van der Waals surface area contributed by atoms with Gasteiger partial charge in [0.25, 0.3) is 0 Å². The van der Waals surface area contributed by atoms with Crippen molar-refractivity contribution in [2.45, 2.75) is 24.8 Å². The van der Waals surface area contributed by atoms with Crippen LogP contribution in [0.1, 0.15) is 24.2 Å². The summed E-state index contributed by atoms with van der Waals surface area (Å²) in [7, 11) is -3.96. The van der Waals surface area contributed by atoms with Crippen LogP contribution in [0.4, 0.5) is 0 Å². The lowest BCUT2D eigenvalue weighted by Crippen LogP contribution is -2.37. The van der Waals surface area contributed by atoms with Gasteiger partial charge in [-0.15, -0.1) is 6.58 Å². The van der Waals surface area contributed by atoms with Gasteiger partial charge >= 0.3 is 5.97 Å². The maximum atomic E-state index is 12.6. The van der Waals surface area contributed by atoms with E-state index in [1.54, 1.807) is 13.8 Å². The molecule has 116 valence electrons. The third-order valence-corrected chi connectivity index (χ3v) is 5.64. The van der Waals surface area contributed by atoms with E-state index in [1.807, 2.05) is 0 Å². The van der Waals surface area contributed by atoms with Crippen molar-refractivity contribution < 1.29 is 18.3 Å². The molecule has 0 spiro atoms. The average Bonchev–Trinajstić information content (AvgIpc) is 2.34. The number of carboxylic acids is 1. The van der Waals surface area contributed by atoms with Gasteiger partial charge in [0.2, 0.25) is 10.0 Å². The molecule has 1 rings (SSSR count). The van der Waals surface area contributed by atoms with Crippen LogP contribution >= 0.6 is 23.2 Å². The van der Waals surface area contributed by atoms with Gasteiger partial charge in [0.1, 0.15) is 4.90 Å². The topological polar surface area (TPSA) is 74.7 Å². The van der Waals surface area contributed by atoms with E-state index >= 15 is 0 Å². The Kier molecular flexibility index (Phi) is 5.81. The van der Waals surface area contributed by atoms with E-state index in [0.29, 0.717) is 0 Å². The summed E-state index contributed by atoms with van der Waals surface area (Å²) in [6.07, 6.45) is 1.44. The lowest BCUT2D eigenvalue weighted by Gasteiger charge is -2.25. The molecule has 0 aromatic heterocycles. The Hall–Kier alpha value is -1.08. The first kappa shape index (κ1) is 18.0. The first-order valence-electron chi connectivity index (χ1n) is 5.98. The highest BCUT2D eigenvalue weighted by Crippen LogP contribution is 2.33. The molecule has 21 heavy (non-hydrogen) atoms. The van der Waals surface area contributed by atoms with Gasteiger partial charge < -0.3 is 5.11 Å². The number of sulfonamides is 1. The predicted octanol–water partition coefficient (Wildman–Crippen LogP) is 3.28. The molecule has 0 fully saturated rings. The van der Waals surface area contributed by atoms with Crippen molar-refractivity contribution in [3.05, 3.63) is 40.4 Å². The Labute approximate surface area is 133 Å². The van der Waals surface area contributed by atoms with Gasteiger partial charge in [-0.3, -0.25) is 0 Å². The van der Waals surface area contributed by atoms with Crippen LogP contribution in [0.5, 0.6) is 0 Å². The summed E-state index contributed by atoms with van der Waals surface area (Å²) < 4.78 is 26.4. The molecule has 0 heterocycles. The van der Waals surface area contributed by atoms with Crippen LogP contribution in [0.2, 0.25) is 10.0 Å². The van der Waals surface area contributed by atoms with E-state index in [1.165, 1.54) is 22.5 Å². The molecular weight excluding hydrogens is 337 g/mol. The van der Waals surface area contributed by atoms with Crippen LogP contribution in [-0.2, 0) is 10.0 Å². The number of benzene rings is 1. The molecule has 0 radical (unpaired) electrons. The zero-order valence-electron chi connectivity index (χ0n) is 11.5. The molecule has 0 aliphatic carbocycles. The Morgan fingerprint density at radius 2 is 2.00 bits per heavy atom. The van der Waals surface area contributed by atoms with E-state index in [4.69, 9.17) is 28.3 Å². The summed E-state index contributed by atoms with van der Waals surface area (Å²) in [6, 6.07) is 2.06. The molecule has 1 aromatic rings.